The molecule has 0 unspecified atom stereocenters. The van der Waals surface area contributed by atoms with E-state index >= 15 is 0 Å². The van der Waals surface area contributed by atoms with Crippen LogP contribution in [-0.4, -0.2) is 48.4 Å². The number of nitrogens with zero attached hydrogens (tertiary/aromatic N) is 3. The third-order valence-electron chi connectivity index (χ3n) is 3.91. The Morgan fingerprint density at radius 2 is 2.04 bits per heavy atom. The van der Waals surface area contributed by atoms with Crippen LogP contribution in [0.4, 0.5) is 10.3 Å². The molecule has 8 heteroatoms. The van der Waals surface area contributed by atoms with Crippen molar-refractivity contribution in [3.8, 4) is 11.6 Å². The standard InChI is InChI=1S/C17H21FN4O3/c1-24-16-9-13(20-17(21-16)22-6-4-19-5-7-22)11-25-15-3-2-12(10-23)8-14(15)18/h2-3,8-9,19,23H,4-7,10-11H2,1H3. The van der Waals surface area contributed by atoms with E-state index in [2.05, 4.69) is 20.2 Å². The van der Waals surface area contributed by atoms with Crippen molar-refractivity contribution < 1.29 is 19.0 Å². The molecule has 0 spiro atoms. The molecule has 1 aromatic carbocycles. The largest absolute Gasteiger partial charge is 0.484 e. The quantitative estimate of drug-likeness (QED) is 0.809. The lowest BCUT2D eigenvalue weighted by atomic mass is 10.2. The number of anilines is 1. The van der Waals surface area contributed by atoms with Crippen molar-refractivity contribution in [2.24, 2.45) is 0 Å². The lowest BCUT2D eigenvalue weighted by Crippen LogP contribution is -2.44. The lowest BCUT2D eigenvalue weighted by molar-refractivity contribution is 0.274. The van der Waals surface area contributed by atoms with Gasteiger partial charge in [0.2, 0.25) is 11.8 Å². The smallest absolute Gasteiger partial charge is 0.229 e. The maximum absolute atomic E-state index is 13.9. The van der Waals surface area contributed by atoms with Crippen LogP contribution in [0.5, 0.6) is 11.6 Å². The van der Waals surface area contributed by atoms with E-state index in [0.717, 1.165) is 26.2 Å². The van der Waals surface area contributed by atoms with Crippen molar-refractivity contribution in [3.05, 3.63) is 41.3 Å². The summed E-state index contributed by atoms with van der Waals surface area (Å²) in [6, 6.07) is 6.04. The first-order valence-corrected chi connectivity index (χ1v) is 8.09. The van der Waals surface area contributed by atoms with Crippen molar-refractivity contribution in [2.75, 3.05) is 38.2 Å². The molecule has 7 nitrogen and oxygen atoms in total. The fraction of sp³-hybridized carbons (Fsp3) is 0.412. The summed E-state index contributed by atoms with van der Waals surface area (Å²) in [6.07, 6.45) is 0. The minimum Gasteiger partial charge on any atom is -0.484 e. The van der Waals surface area contributed by atoms with Gasteiger partial charge in [0.25, 0.3) is 0 Å². The number of halogens is 1. The summed E-state index contributed by atoms with van der Waals surface area (Å²) in [5.74, 6) is 0.613. The minimum atomic E-state index is -0.519. The average molecular weight is 348 g/mol. The minimum absolute atomic E-state index is 0.0906. The molecule has 0 saturated carbocycles. The fourth-order valence-corrected chi connectivity index (χ4v) is 2.56. The molecule has 0 radical (unpaired) electrons. The molecule has 1 saturated heterocycles. The Bertz CT molecular complexity index is 723. The van der Waals surface area contributed by atoms with Crippen LogP contribution in [0.1, 0.15) is 11.3 Å². The van der Waals surface area contributed by atoms with Gasteiger partial charge in [0.05, 0.1) is 19.4 Å². The van der Waals surface area contributed by atoms with Crippen LogP contribution >= 0.6 is 0 Å². The van der Waals surface area contributed by atoms with Crippen LogP contribution in [0.15, 0.2) is 24.3 Å². The topological polar surface area (TPSA) is 79.7 Å². The van der Waals surface area contributed by atoms with E-state index < -0.39 is 5.82 Å². The summed E-state index contributed by atoms with van der Waals surface area (Å²) in [5, 5.41) is 12.3. The highest BCUT2D eigenvalue weighted by atomic mass is 19.1. The van der Waals surface area contributed by atoms with Crippen molar-refractivity contribution in [3.63, 3.8) is 0 Å². The van der Waals surface area contributed by atoms with Crippen LogP contribution in [0.2, 0.25) is 0 Å². The highest BCUT2D eigenvalue weighted by Gasteiger charge is 2.16. The summed E-state index contributed by atoms with van der Waals surface area (Å²) < 4.78 is 24.7. The monoisotopic (exact) mass is 348 g/mol. The third-order valence-corrected chi connectivity index (χ3v) is 3.91. The Balaban J connectivity index is 1.75. The number of ether oxygens (including phenoxy) is 2. The molecule has 2 aromatic rings. The van der Waals surface area contributed by atoms with Crippen molar-refractivity contribution in [1.29, 1.82) is 0 Å². The number of rotatable bonds is 6. The van der Waals surface area contributed by atoms with Gasteiger partial charge in [-0.2, -0.15) is 4.98 Å². The van der Waals surface area contributed by atoms with Gasteiger partial charge < -0.3 is 24.8 Å². The van der Waals surface area contributed by atoms with Crippen LogP contribution in [-0.2, 0) is 13.2 Å². The molecule has 134 valence electrons. The van der Waals surface area contributed by atoms with Crippen molar-refractivity contribution >= 4 is 5.95 Å². The zero-order chi connectivity index (χ0) is 17.6. The molecular formula is C17H21FN4O3. The SMILES string of the molecule is COc1cc(COc2ccc(CO)cc2F)nc(N2CCNCC2)n1. The molecule has 0 bridgehead atoms. The van der Waals surface area contributed by atoms with E-state index in [1.807, 2.05) is 0 Å². The van der Waals surface area contributed by atoms with Gasteiger partial charge in [0.1, 0.15) is 6.61 Å². The number of hydrogen-bond donors (Lipinski definition) is 2. The number of methoxy groups -OCH3 is 1. The molecule has 1 aliphatic rings. The van der Waals surface area contributed by atoms with Gasteiger partial charge in [-0.05, 0) is 17.7 Å². The van der Waals surface area contributed by atoms with Crippen molar-refractivity contribution in [1.82, 2.24) is 15.3 Å². The van der Waals surface area contributed by atoms with E-state index in [1.165, 1.54) is 12.1 Å². The number of nitrogens with one attached hydrogen (secondary N) is 1. The lowest BCUT2D eigenvalue weighted by Gasteiger charge is -2.27. The highest BCUT2D eigenvalue weighted by molar-refractivity contribution is 5.35. The van der Waals surface area contributed by atoms with Gasteiger partial charge in [0, 0.05) is 32.2 Å². The summed E-state index contributed by atoms with van der Waals surface area (Å²) in [4.78, 5) is 10.9. The van der Waals surface area contributed by atoms with Gasteiger partial charge >= 0.3 is 0 Å². The van der Waals surface area contributed by atoms with Crippen molar-refractivity contribution in [2.45, 2.75) is 13.2 Å². The molecule has 1 aromatic heterocycles. The molecule has 0 atom stereocenters. The summed E-state index contributed by atoms with van der Waals surface area (Å²) in [5.41, 5.74) is 1.10. The Labute approximate surface area is 145 Å². The predicted molar refractivity (Wildman–Crippen MR) is 90.3 cm³/mol. The second kappa shape index (κ2) is 8.09. The van der Waals surface area contributed by atoms with Crippen LogP contribution in [0.25, 0.3) is 0 Å². The van der Waals surface area contributed by atoms with Gasteiger partial charge in [-0.1, -0.05) is 6.07 Å². The summed E-state index contributed by atoms with van der Waals surface area (Å²) in [6.45, 7) is 3.24. The second-order valence-electron chi connectivity index (χ2n) is 5.65. The first-order chi connectivity index (χ1) is 12.2. The molecule has 1 aliphatic heterocycles. The Kier molecular flexibility index (Phi) is 5.62. The van der Waals surface area contributed by atoms with Crippen LogP contribution in [0, 0.1) is 5.82 Å². The zero-order valence-electron chi connectivity index (χ0n) is 14.0. The molecular weight excluding hydrogens is 327 g/mol. The number of hydrogen-bond acceptors (Lipinski definition) is 7. The number of piperazine rings is 1. The molecule has 25 heavy (non-hydrogen) atoms. The molecule has 2 heterocycles. The first-order valence-electron chi connectivity index (χ1n) is 8.09. The van der Waals surface area contributed by atoms with E-state index in [4.69, 9.17) is 14.6 Å². The Hall–Kier alpha value is -2.45. The summed E-state index contributed by atoms with van der Waals surface area (Å²) in [7, 11) is 1.54. The average Bonchev–Trinajstić information content (AvgIpc) is 2.67. The number of aromatic nitrogens is 2. The van der Waals surface area contributed by atoms with Gasteiger partial charge in [-0.25, -0.2) is 9.37 Å². The Morgan fingerprint density at radius 1 is 1.24 bits per heavy atom. The van der Waals surface area contributed by atoms with E-state index in [9.17, 15) is 4.39 Å². The van der Waals surface area contributed by atoms with Gasteiger partial charge in [0.15, 0.2) is 11.6 Å². The first kappa shape index (κ1) is 17.4. The molecule has 3 rings (SSSR count). The molecule has 1 fully saturated rings. The van der Waals surface area contributed by atoms with E-state index in [-0.39, 0.29) is 19.0 Å². The van der Waals surface area contributed by atoms with Gasteiger partial charge in [-0.3, -0.25) is 0 Å². The van der Waals surface area contributed by atoms with Gasteiger partial charge in [-0.15, -0.1) is 0 Å². The Morgan fingerprint density at radius 3 is 2.72 bits per heavy atom. The van der Waals surface area contributed by atoms with Crippen LogP contribution < -0.4 is 19.7 Å². The number of benzene rings is 1. The normalized spacial score (nSPS) is 14.4. The maximum atomic E-state index is 13.9. The fourth-order valence-electron chi connectivity index (χ4n) is 2.56. The summed E-state index contributed by atoms with van der Waals surface area (Å²) >= 11 is 0. The predicted octanol–water partition coefficient (Wildman–Crippen LogP) is 1.11. The molecule has 2 N–H and O–H groups in total. The van der Waals surface area contributed by atoms with E-state index in [1.54, 1.807) is 19.2 Å². The maximum Gasteiger partial charge on any atom is 0.229 e. The molecule has 0 aliphatic carbocycles. The number of aliphatic hydroxyl groups is 1. The van der Waals surface area contributed by atoms with Crippen LogP contribution in [0.3, 0.4) is 0 Å². The highest BCUT2D eigenvalue weighted by Crippen LogP contribution is 2.21. The second-order valence-corrected chi connectivity index (χ2v) is 5.65. The van der Waals surface area contributed by atoms with E-state index in [0.29, 0.717) is 23.1 Å². The zero-order valence-corrected chi connectivity index (χ0v) is 14.0. The number of aliphatic hydroxyl groups excluding tert-OH is 1. The molecule has 0 amide bonds. The third kappa shape index (κ3) is 4.34.